The van der Waals surface area contributed by atoms with Crippen LogP contribution in [0.15, 0.2) is 78.9 Å². The quantitative estimate of drug-likeness (QED) is 0.234. The number of nitrogens with one attached hydrogen (secondary N) is 1. The first-order valence-electron chi connectivity index (χ1n) is 12.2. The van der Waals surface area contributed by atoms with Crippen molar-refractivity contribution >= 4 is 16.8 Å². The Kier molecular flexibility index (Phi) is 8.25. The molecule has 0 saturated carbocycles. The van der Waals surface area contributed by atoms with Gasteiger partial charge in [0.1, 0.15) is 23.9 Å². The van der Waals surface area contributed by atoms with E-state index in [1.54, 1.807) is 50.5 Å². The lowest BCUT2D eigenvalue weighted by molar-refractivity contribution is -0.123. The maximum atomic E-state index is 13.6. The van der Waals surface area contributed by atoms with Crippen LogP contribution in [0.4, 0.5) is 4.39 Å². The highest BCUT2D eigenvalue weighted by Gasteiger charge is 2.17. The van der Waals surface area contributed by atoms with Gasteiger partial charge >= 0.3 is 0 Å². The summed E-state index contributed by atoms with van der Waals surface area (Å²) in [5.74, 6) is 0.682. The lowest BCUT2D eigenvalue weighted by Gasteiger charge is -2.13. The fourth-order valence-electron chi connectivity index (χ4n) is 4.26. The molecule has 1 aromatic heterocycles. The van der Waals surface area contributed by atoms with Crippen LogP contribution < -0.4 is 10.1 Å². The number of amides is 1. The highest BCUT2D eigenvalue weighted by molar-refractivity contribution is 5.92. The second-order valence-corrected chi connectivity index (χ2v) is 9.10. The maximum Gasteiger partial charge on any atom is 0.245 e. The molecule has 0 radical (unpaired) electrons. The summed E-state index contributed by atoms with van der Waals surface area (Å²) in [4.78, 5) is 13.0. The van der Waals surface area contributed by atoms with Crippen LogP contribution in [0.3, 0.4) is 0 Å². The van der Waals surface area contributed by atoms with Gasteiger partial charge in [0, 0.05) is 50.7 Å². The average molecular weight is 502 g/mol. The molecule has 6 nitrogen and oxygen atoms in total. The van der Waals surface area contributed by atoms with Crippen molar-refractivity contribution in [3.63, 3.8) is 0 Å². The van der Waals surface area contributed by atoms with Gasteiger partial charge in [-0.05, 0) is 78.2 Å². The largest absolute Gasteiger partial charge is 0.508 e. The zero-order valence-corrected chi connectivity index (χ0v) is 21.4. The molecular formula is C30H32FN3O3. The Labute approximate surface area is 216 Å². The molecule has 0 spiro atoms. The number of aromatic hydroxyl groups is 1. The monoisotopic (exact) mass is 501 g/mol. The van der Waals surface area contributed by atoms with Crippen LogP contribution in [0, 0.1) is 12.7 Å². The molecule has 0 aliphatic heterocycles. The topological polar surface area (TPSA) is 66.7 Å². The Hall–Kier alpha value is -4.10. The lowest BCUT2D eigenvalue weighted by atomic mass is 10.1. The Morgan fingerprint density at radius 1 is 1.08 bits per heavy atom. The maximum absolute atomic E-state index is 13.6. The second-order valence-electron chi connectivity index (χ2n) is 9.10. The van der Waals surface area contributed by atoms with Crippen molar-refractivity contribution in [2.75, 3.05) is 33.8 Å². The summed E-state index contributed by atoms with van der Waals surface area (Å²) in [6.07, 6.45) is 3.34. The van der Waals surface area contributed by atoms with Gasteiger partial charge in [-0.3, -0.25) is 4.79 Å². The lowest BCUT2D eigenvalue weighted by Crippen LogP contribution is -2.22. The number of rotatable bonds is 10. The number of phenolic OH excluding ortho intramolecular Hbond substituents is 1. The molecule has 2 N–H and O–H groups in total. The minimum absolute atomic E-state index is 0.0378. The Morgan fingerprint density at radius 2 is 1.81 bits per heavy atom. The molecule has 192 valence electrons. The molecule has 0 atom stereocenters. The molecular weight excluding hydrogens is 469 g/mol. The first-order valence-corrected chi connectivity index (χ1v) is 12.2. The van der Waals surface area contributed by atoms with E-state index in [0.717, 1.165) is 39.0 Å². The van der Waals surface area contributed by atoms with Crippen molar-refractivity contribution in [2.45, 2.75) is 13.5 Å². The van der Waals surface area contributed by atoms with Gasteiger partial charge in [0.2, 0.25) is 5.91 Å². The van der Waals surface area contributed by atoms with Crippen LogP contribution in [0.25, 0.3) is 22.2 Å². The number of fused-ring (bicyclic) bond motifs is 1. The van der Waals surface area contributed by atoms with E-state index in [9.17, 15) is 14.3 Å². The van der Waals surface area contributed by atoms with Gasteiger partial charge in [0.25, 0.3) is 0 Å². The van der Waals surface area contributed by atoms with Crippen LogP contribution >= 0.6 is 0 Å². The number of halogens is 1. The summed E-state index contributed by atoms with van der Waals surface area (Å²) in [5, 5.41) is 14.2. The fourth-order valence-corrected chi connectivity index (χ4v) is 4.26. The van der Waals surface area contributed by atoms with Gasteiger partial charge in [0.05, 0.1) is 5.69 Å². The van der Waals surface area contributed by atoms with Gasteiger partial charge in [-0.25, -0.2) is 4.39 Å². The van der Waals surface area contributed by atoms with E-state index in [1.807, 2.05) is 37.3 Å². The van der Waals surface area contributed by atoms with E-state index < -0.39 is 0 Å². The third-order valence-corrected chi connectivity index (χ3v) is 6.19. The van der Waals surface area contributed by atoms with Gasteiger partial charge in [-0.2, -0.15) is 0 Å². The summed E-state index contributed by atoms with van der Waals surface area (Å²) in [7, 11) is 3.44. The number of hydrogen-bond acceptors (Lipinski definition) is 4. The van der Waals surface area contributed by atoms with E-state index >= 15 is 0 Å². The van der Waals surface area contributed by atoms with E-state index in [1.165, 1.54) is 17.0 Å². The summed E-state index contributed by atoms with van der Waals surface area (Å²) in [6, 6.07) is 19.9. The predicted molar refractivity (Wildman–Crippen MR) is 145 cm³/mol. The van der Waals surface area contributed by atoms with E-state index in [0.29, 0.717) is 26.2 Å². The van der Waals surface area contributed by atoms with Crippen molar-refractivity contribution in [3.8, 4) is 22.8 Å². The molecule has 0 saturated heterocycles. The SMILES string of the molecule is Cc1c(-c2ccc(F)cc2)n(Cc2ccc(OCCNC/C=C/C(=O)N(C)C)cc2)c2ccc(O)cc12. The number of aryl methyl sites for hydroxylation is 1. The molecule has 0 aliphatic rings. The number of aromatic nitrogens is 1. The molecule has 7 heteroatoms. The van der Waals surface area contributed by atoms with E-state index in [4.69, 9.17) is 4.74 Å². The molecule has 0 unspecified atom stereocenters. The molecule has 1 heterocycles. The number of likely N-dealkylation sites (N-methyl/N-ethyl adjacent to an activating group) is 1. The summed E-state index contributed by atoms with van der Waals surface area (Å²) in [5.41, 5.74) is 5.04. The Morgan fingerprint density at radius 3 is 2.51 bits per heavy atom. The average Bonchev–Trinajstić information content (AvgIpc) is 3.15. The van der Waals surface area contributed by atoms with Crippen molar-refractivity contribution in [2.24, 2.45) is 0 Å². The van der Waals surface area contributed by atoms with Crippen LogP contribution in [-0.2, 0) is 11.3 Å². The van der Waals surface area contributed by atoms with E-state index in [2.05, 4.69) is 9.88 Å². The zero-order valence-electron chi connectivity index (χ0n) is 21.4. The van der Waals surface area contributed by atoms with Crippen molar-refractivity contribution in [1.29, 1.82) is 0 Å². The molecule has 37 heavy (non-hydrogen) atoms. The number of carbonyl (C=O) groups excluding carboxylic acids is 1. The highest BCUT2D eigenvalue weighted by Crippen LogP contribution is 2.35. The minimum atomic E-state index is -0.275. The van der Waals surface area contributed by atoms with Gasteiger partial charge in [-0.1, -0.05) is 18.2 Å². The van der Waals surface area contributed by atoms with Crippen LogP contribution in [0.1, 0.15) is 11.1 Å². The summed E-state index contributed by atoms with van der Waals surface area (Å²) >= 11 is 0. The first kappa shape index (κ1) is 26.0. The van der Waals surface area contributed by atoms with Crippen LogP contribution in [0.2, 0.25) is 0 Å². The normalized spacial score (nSPS) is 11.4. The summed E-state index contributed by atoms with van der Waals surface area (Å²) < 4.78 is 21.6. The number of phenols is 1. The van der Waals surface area contributed by atoms with Crippen molar-refractivity contribution < 1.29 is 19.0 Å². The highest BCUT2D eigenvalue weighted by atomic mass is 19.1. The molecule has 3 aromatic carbocycles. The Bertz CT molecular complexity index is 1390. The molecule has 0 aliphatic carbocycles. The molecule has 4 aromatic rings. The number of benzene rings is 3. The number of hydrogen-bond donors (Lipinski definition) is 2. The smallest absolute Gasteiger partial charge is 0.245 e. The molecule has 4 rings (SSSR count). The van der Waals surface area contributed by atoms with Gasteiger partial charge in [-0.15, -0.1) is 0 Å². The third kappa shape index (κ3) is 6.37. The fraction of sp³-hybridized carbons (Fsp3) is 0.233. The van der Waals surface area contributed by atoms with Crippen molar-refractivity contribution in [3.05, 3.63) is 95.8 Å². The van der Waals surface area contributed by atoms with Gasteiger partial charge < -0.3 is 24.6 Å². The predicted octanol–water partition coefficient (Wildman–Crippen LogP) is 5.12. The van der Waals surface area contributed by atoms with Crippen LogP contribution in [-0.4, -0.2) is 54.3 Å². The van der Waals surface area contributed by atoms with Crippen molar-refractivity contribution in [1.82, 2.24) is 14.8 Å². The van der Waals surface area contributed by atoms with Gasteiger partial charge in [0.15, 0.2) is 0 Å². The standard InChI is InChI=1S/C30H32FN3O3/c1-21-27-19-25(35)12-15-28(27)34(30(21)23-8-10-24(31)11-9-23)20-22-6-13-26(14-7-22)37-18-17-32-16-4-5-29(36)33(2)3/h4-15,19,32,35H,16-18,20H2,1-3H3/b5-4+. The molecule has 1 amide bonds. The molecule has 0 fully saturated rings. The Balaban J connectivity index is 1.43. The van der Waals surface area contributed by atoms with E-state index in [-0.39, 0.29) is 17.5 Å². The number of nitrogens with zero attached hydrogens (tertiary/aromatic N) is 2. The zero-order chi connectivity index (χ0) is 26.4. The van der Waals surface area contributed by atoms with Crippen LogP contribution in [0.5, 0.6) is 11.5 Å². The molecule has 0 bridgehead atoms. The summed E-state index contributed by atoms with van der Waals surface area (Å²) in [6.45, 7) is 4.40. The minimum Gasteiger partial charge on any atom is -0.508 e. The third-order valence-electron chi connectivity index (χ3n) is 6.19. The number of carbonyl (C=O) groups is 1. The number of ether oxygens (including phenoxy) is 1. The second kappa shape index (κ2) is 11.8. The first-order chi connectivity index (χ1) is 17.8.